The van der Waals surface area contributed by atoms with E-state index >= 15 is 0 Å². The van der Waals surface area contributed by atoms with Crippen LogP contribution in [0.5, 0.6) is 0 Å². The molecule has 0 bridgehead atoms. The van der Waals surface area contributed by atoms with Crippen molar-refractivity contribution in [2.45, 2.75) is 16.3 Å². The molecule has 7 nitrogen and oxygen atoms in total. The van der Waals surface area contributed by atoms with E-state index in [1.807, 2.05) is 6.92 Å². The molecule has 0 aliphatic carbocycles. The summed E-state index contributed by atoms with van der Waals surface area (Å²) in [5.74, 6) is 0.690. The van der Waals surface area contributed by atoms with Gasteiger partial charge in [0, 0.05) is 0 Å². The molecular formula is C8H8N6OS2. The maximum absolute atomic E-state index is 8.66. The minimum Gasteiger partial charge on any atom is -0.409 e. The summed E-state index contributed by atoms with van der Waals surface area (Å²) < 4.78 is 4.79. The Balaban J connectivity index is 2.32. The van der Waals surface area contributed by atoms with Crippen molar-refractivity contribution < 1.29 is 5.21 Å². The minimum atomic E-state index is -0.0105. The summed E-state index contributed by atoms with van der Waals surface area (Å²) in [6, 6.07) is 1.62. The van der Waals surface area contributed by atoms with E-state index < -0.39 is 0 Å². The Morgan fingerprint density at radius 1 is 1.59 bits per heavy atom. The largest absolute Gasteiger partial charge is 0.409 e. The maximum atomic E-state index is 8.66. The van der Waals surface area contributed by atoms with E-state index in [1.54, 1.807) is 6.07 Å². The molecule has 0 radical (unpaired) electrons. The Hall–Kier alpha value is -1.74. The number of aryl methyl sites for hydroxylation is 1. The zero-order valence-electron chi connectivity index (χ0n) is 8.73. The number of hydrogen-bond donors (Lipinski definition) is 2. The van der Waals surface area contributed by atoms with Crippen LogP contribution < -0.4 is 5.73 Å². The molecule has 0 spiro atoms. The van der Waals surface area contributed by atoms with Gasteiger partial charge in [-0.15, -0.1) is 5.10 Å². The number of amidine groups is 1. The fraction of sp³-hybridized carbons (Fsp3) is 0.125. The summed E-state index contributed by atoms with van der Waals surface area (Å²) in [5.41, 5.74) is 6.05. The van der Waals surface area contributed by atoms with E-state index in [9.17, 15) is 0 Å². The van der Waals surface area contributed by atoms with Gasteiger partial charge in [0.1, 0.15) is 10.9 Å². The van der Waals surface area contributed by atoms with Gasteiger partial charge in [-0.25, -0.2) is 4.98 Å². The smallest absolute Gasteiger partial charge is 0.176 e. The van der Waals surface area contributed by atoms with Crippen LogP contribution >= 0.6 is 23.3 Å². The lowest BCUT2D eigenvalue weighted by atomic mass is 10.3. The molecular weight excluding hydrogens is 260 g/mol. The fourth-order valence-electron chi connectivity index (χ4n) is 1.05. The zero-order chi connectivity index (χ0) is 12.3. The number of nitrogens with zero attached hydrogens (tertiary/aromatic N) is 5. The second-order valence-electron chi connectivity index (χ2n) is 2.94. The van der Waals surface area contributed by atoms with Crippen molar-refractivity contribution in [3.8, 4) is 0 Å². The molecule has 0 aliphatic heterocycles. The van der Waals surface area contributed by atoms with Crippen LogP contribution in [0, 0.1) is 6.92 Å². The average molecular weight is 268 g/mol. The molecule has 0 saturated heterocycles. The van der Waals surface area contributed by atoms with Crippen molar-refractivity contribution in [3.05, 3.63) is 23.7 Å². The summed E-state index contributed by atoms with van der Waals surface area (Å²) in [4.78, 5) is 4.19. The van der Waals surface area contributed by atoms with Gasteiger partial charge >= 0.3 is 0 Å². The molecule has 0 unspecified atom stereocenters. The standard InChI is InChI=1S/C8H8N6OS2/c1-4-11-8(17-14-4)16-7-5(6(9)13-15)2-3-10-12-7/h2-3,15H,1H3,(H2,9,13). The number of hydrogen-bond acceptors (Lipinski definition) is 8. The summed E-state index contributed by atoms with van der Waals surface area (Å²) in [5, 5.41) is 19.8. The first-order valence-corrected chi connectivity index (χ1v) is 6.07. The molecule has 2 heterocycles. The van der Waals surface area contributed by atoms with Crippen LogP contribution in [0.3, 0.4) is 0 Å². The molecule has 3 N–H and O–H groups in total. The lowest BCUT2D eigenvalue weighted by Crippen LogP contribution is -2.15. The van der Waals surface area contributed by atoms with Crippen molar-refractivity contribution in [1.29, 1.82) is 0 Å². The number of oxime groups is 1. The van der Waals surface area contributed by atoms with Gasteiger partial charge in [-0.1, -0.05) is 5.16 Å². The quantitative estimate of drug-likeness (QED) is 0.368. The van der Waals surface area contributed by atoms with E-state index in [0.717, 1.165) is 4.34 Å². The first-order chi connectivity index (χ1) is 8.20. The third-order valence-electron chi connectivity index (χ3n) is 1.76. The molecule has 0 fully saturated rings. The maximum Gasteiger partial charge on any atom is 0.176 e. The number of rotatable bonds is 3. The van der Waals surface area contributed by atoms with E-state index in [-0.39, 0.29) is 5.84 Å². The zero-order valence-corrected chi connectivity index (χ0v) is 10.4. The normalized spacial score (nSPS) is 11.7. The highest BCUT2D eigenvalue weighted by Gasteiger charge is 2.12. The van der Waals surface area contributed by atoms with Crippen molar-refractivity contribution in [2.75, 3.05) is 0 Å². The van der Waals surface area contributed by atoms with Gasteiger partial charge in [0.15, 0.2) is 10.2 Å². The summed E-state index contributed by atoms with van der Waals surface area (Å²) in [6.07, 6.45) is 1.47. The second-order valence-corrected chi connectivity index (χ2v) is 4.93. The van der Waals surface area contributed by atoms with Gasteiger partial charge in [0.05, 0.1) is 11.8 Å². The Labute approximate surface area is 105 Å². The van der Waals surface area contributed by atoms with Gasteiger partial charge in [0.25, 0.3) is 0 Å². The molecule has 2 rings (SSSR count). The predicted octanol–water partition coefficient (Wildman–Crippen LogP) is 0.882. The summed E-state index contributed by atoms with van der Waals surface area (Å²) in [6.45, 7) is 1.81. The third kappa shape index (κ3) is 2.68. The molecule has 0 saturated carbocycles. The molecule has 88 valence electrons. The predicted molar refractivity (Wildman–Crippen MR) is 63.3 cm³/mol. The van der Waals surface area contributed by atoms with Crippen molar-refractivity contribution in [3.63, 3.8) is 0 Å². The molecule has 17 heavy (non-hydrogen) atoms. The van der Waals surface area contributed by atoms with Crippen LogP contribution in [0.15, 0.2) is 26.8 Å². The van der Waals surface area contributed by atoms with Crippen LogP contribution in [0.1, 0.15) is 11.4 Å². The average Bonchev–Trinajstić information content (AvgIpc) is 2.74. The van der Waals surface area contributed by atoms with Crippen LogP contribution in [0.2, 0.25) is 0 Å². The van der Waals surface area contributed by atoms with Gasteiger partial charge in [-0.05, 0) is 36.3 Å². The first kappa shape index (κ1) is 11.7. The topological polar surface area (TPSA) is 110 Å². The highest BCUT2D eigenvalue weighted by Crippen LogP contribution is 2.29. The molecule has 0 atom stereocenters. The van der Waals surface area contributed by atoms with Crippen LogP contribution in [-0.4, -0.2) is 30.6 Å². The SMILES string of the molecule is Cc1nsc(Sc2nnccc2/C(N)=N/O)n1. The molecule has 0 amide bonds. The van der Waals surface area contributed by atoms with Gasteiger partial charge in [-0.2, -0.15) is 9.47 Å². The molecule has 0 aliphatic rings. The lowest BCUT2D eigenvalue weighted by Gasteiger charge is -2.02. The lowest BCUT2D eigenvalue weighted by molar-refractivity contribution is 0.318. The van der Waals surface area contributed by atoms with Crippen molar-refractivity contribution in [2.24, 2.45) is 10.9 Å². The van der Waals surface area contributed by atoms with Crippen molar-refractivity contribution in [1.82, 2.24) is 19.6 Å². The summed E-state index contributed by atoms with van der Waals surface area (Å²) >= 11 is 2.54. The van der Waals surface area contributed by atoms with E-state index in [1.165, 1.54) is 29.5 Å². The molecule has 2 aromatic rings. The van der Waals surface area contributed by atoms with E-state index in [0.29, 0.717) is 16.4 Å². The highest BCUT2D eigenvalue weighted by molar-refractivity contribution is 8.01. The molecule has 0 aromatic carbocycles. The van der Waals surface area contributed by atoms with Crippen LogP contribution in [-0.2, 0) is 0 Å². The van der Waals surface area contributed by atoms with Crippen LogP contribution in [0.4, 0.5) is 0 Å². The fourth-order valence-corrected chi connectivity index (χ4v) is 2.68. The highest BCUT2D eigenvalue weighted by atomic mass is 32.2. The first-order valence-electron chi connectivity index (χ1n) is 4.48. The third-order valence-corrected chi connectivity index (χ3v) is 3.60. The number of nitrogens with two attached hydrogens (primary N) is 1. The monoisotopic (exact) mass is 268 g/mol. The van der Waals surface area contributed by atoms with E-state index in [4.69, 9.17) is 10.9 Å². The Bertz CT molecular complexity index is 554. The summed E-state index contributed by atoms with van der Waals surface area (Å²) in [7, 11) is 0. The van der Waals surface area contributed by atoms with Gasteiger partial charge in [-0.3, -0.25) is 0 Å². The second kappa shape index (κ2) is 5.06. The Morgan fingerprint density at radius 2 is 2.41 bits per heavy atom. The molecule has 9 heteroatoms. The Kier molecular flexibility index (Phi) is 3.49. The minimum absolute atomic E-state index is 0.0105. The van der Waals surface area contributed by atoms with Gasteiger partial charge < -0.3 is 10.9 Å². The number of aromatic nitrogens is 4. The van der Waals surface area contributed by atoms with Crippen LogP contribution in [0.25, 0.3) is 0 Å². The van der Waals surface area contributed by atoms with Gasteiger partial charge in [0.2, 0.25) is 0 Å². The Morgan fingerprint density at radius 3 is 3.06 bits per heavy atom. The van der Waals surface area contributed by atoms with Crippen molar-refractivity contribution >= 4 is 29.1 Å². The van der Waals surface area contributed by atoms with E-state index in [2.05, 4.69) is 24.7 Å². The molecule has 2 aromatic heterocycles.